The lowest BCUT2D eigenvalue weighted by atomic mass is 10.1. The lowest BCUT2D eigenvalue weighted by molar-refractivity contribution is -0.385. The van der Waals surface area contributed by atoms with Crippen molar-refractivity contribution in [3.8, 4) is 0 Å². The Kier molecular flexibility index (Phi) is 4.15. The normalized spacial score (nSPS) is 19.0. The second kappa shape index (κ2) is 5.57. The molecule has 1 aliphatic heterocycles. The third kappa shape index (κ3) is 3.88. The SMILES string of the molecule is O=C1CC(CS(=O)(=O)Cl)CN1c1cc(F)cc([N+](=O)[O-])c1. The Labute approximate surface area is 123 Å². The zero-order chi connectivity index (χ0) is 15.8. The van der Waals surface area contributed by atoms with Crippen LogP contribution in [0.5, 0.6) is 0 Å². The third-order valence-corrected chi connectivity index (χ3v) is 4.28. The van der Waals surface area contributed by atoms with Crippen molar-refractivity contribution < 1.29 is 22.5 Å². The standard InChI is InChI=1S/C11H10ClFN2O5S/c12-21(19,20)6-7-1-11(16)14(5-7)9-2-8(13)3-10(4-9)15(17)18/h2-4,7H,1,5-6H2. The Bertz CT molecular complexity index is 709. The molecule has 1 fully saturated rings. The van der Waals surface area contributed by atoms with Crippen molar-refractivity contribution in [2.75, 3.05) is 17.2 Å². The largest absolute Gasteiger partial charge is 0.312 e. The van der Waals surface area contributed by atoms with Gasteiger partial charge in [0.1, 0.15) is 5.82 Å². The first-order valence-corrected chi connectivity index (χ1v) is 8.31. The number of rotatable bonds is 4. The van der Waals surface area contributed by atoms with Gasteiger partial charge in [0, 0.05) is 35.6 Å². The molecule has 7 nitrogen and oxygen atoms in total. The highest BCUT2D eigenvalue weighted by atomic mass is 35.7. The fraction of sp³-hybridized carbons (Fsp3) is 0.364. The molecule has 2 rings (SSSR count). The van der Waals surface area contributed by atoms with Gasteiger partial charge in [0.2, 0.25) is 15.0 Å². The van der Waals surface area contributed by atoms with E-state index in [0.717, 1.165) is 23.1 Å². The molecule has 1 heterocycles. The van der Waals surface area contributed by atoms with Crippen LogP contribution in [0.2, 0.25) is 0 Å². The summed E-state index contributed by atoms with van der Waals surface area (Å²) in [5.41, 5.74) is -0.451. The molecule has 0 aromatic heterocycles. The molecule has 1 atom stereocenters. The van der Waals surface area contributed by atoms with Gasteiger partial charge >= 0.3 is 0 Å². The zero-order valence-electron chi connectivity index (χ0n) is 10.5. The third-order valence-electron chi connectivity index (χ3n) is 3.03. The van der Waals surface area contributed by atoms with E-state index in [1.807, 2.05) is 0 Å². The minimum atomic E-state index is -3.76. The molecule has 0 N–H and O–H groups in total. The molecule has 0 spiro atoms. The van der Waals surface area contributed by atoms with E-state index in [1.54, 1.807) is 0 Å². The second-order valence-corrected chi connectivity index (χ2v) is 7.53. The first kappa shape index (κ1) is 15.6. The van der Waals surface area contributed by atoms with Crippen molar-refractivity contribution in [1.29, 1.82) is 0 Å². The van der Waals surface area contributed by atoms with Crippen LogP contribution < -0.4 is 4.90 Å². The minimum Gasteiger partial charge on any atom is -0.312 e. The summed E-state index contributed by atoms with van der Waals surface area (Å²) in [5, 5.41) is 10.7. The highest BCUT2D eigenvalue weighted by Crippen LogP contribution is 2.30. The van der Waals surface area contributed by atoms with E-state index in [-0.39, 0.29) is 24.4 Å². The Hall–Kier alpha value is -1.74. The molecule has 0 bridgehead atoms. The van der Waals surface area contributed by atoms with Crippen LogP contribution in [0, 0.1) is 21.8 Å². The number of carbonyl (C=O) groups is 1. The van der Waals surface area contributed by atoms with Gasteiger partial charge in [0.15, 0.2) is 0 Å². The van der Waals surface area contributed by atoms with E-state index >= 15 is 0 Å². The van der Waals surface area contributed by atoms with Gasteiger partial charge in [-0.15, -0.1) is 0 Å². The molecule has 0 radical (unpaired) electrons. The monoisotopic (exact) mass is 336 g/mol. The number of nitrogens with zero attached hydrogens (tertiary/aromatic N) is 2. The smallest absolute Gasteiger partial charge is 0.274 e. The van der Waals surface area contributed by atoms with Crippen molar-refractivity contribution in [2.24, 2.45) is 5.92 Å². The first-order chi connectivity index (χ1) is 9.65. The number of amides is 1. The molecular formula is C11H10ClFN2O5S. The highest BCUT2D eigenvalue weighted by Gasteiger charge is 2.34. The number of hydrogen-bond acceptors (Lipinski definition) is 5. The summed E-state index contributed by atoms with van der Waals surface area (Å²) >= 11 is 0. The van der Waals surface area contributed by atoms with Crippen LogP contribution in [0.3, 0.4) is 0 Å². The van der Waals surface area contributed by atoms with Gasteiger partial charge in [-0.3, -0.25) is 14.9 Å². The molecule has 10 heteroatoms. The molecule has 114 valence electrons. The zero-order valence-corrected chi connectivity index (χ0v) is 12.1. The number of halogens is 2. The summed E-state index contributed by atoms with van der Waals surface area (Å²) in [6.45, 7) is 0.0192. The van der Waals surface area contributed by atoms with E-state index in [4.69, 9.17) is 10.7 Å². The predicted molar refractivity (Wildman–Crippen MR) is 73.2 cm³/mol. The summed E-state index contributed by atoms with van der Waals surface area (Å²) < 4.78 is 35.4. The van der Waals surface area contributed by atoms with E-state index < -0.39 is 37.3 Å². The quantitative estimate of drug-likeness (QED) is 0.473. The van der Waals surface area contributed by atoms with Gasteiger partial charge in [-0.25, -0.2) is 12.8 Å². The summed E-state index contributed by atoms with van der Waals surface area (Å²) in [4.78, 5) is 22.9. The molecule has 0 aliphatic carbocycles. The van der Waals surface area contributed by atoms with Gasteiger partial charge in [-0.1, -0.05) is 0 Å². The van der Waals surface area contributed by atoms with Crippen molar-refractivity contribution in [2.45, 2.75) is 6.42 Å². The van der Waals surface area contributed by atoms with Crippen LogP contribution in [-0.2, 0) is 13.8 Å². The van der Waals surface area contributed by atoms with Crippen molar-refractivity contribution in [1.82, 2.24) is 0 Å². The summed E-state index contributed by atoms with van der Waals surface area (Å²) in [6, 6.07) is 2.80. The summed E-state index contributed by atoms with van der Waals surface area (Å²) in [7, 11) is 1.38. The maximum atomic E-state index is 13.4. The predicted octanol–water partition coefficient (Wildman–Crippen LogP) is 1.66. The van der Waals surface area contributed by atoms with Gasteiger partial charge in [-0.05, 0) is 6.07 Å². The number of nitro benzene ring substituents is 1. The van der Waals surface area contributed by atoms with Gasteiger partial charge in [-0.2, -0.15) is 0 Å². The molecule has 1 aromatic rings. The molecule has 1 unspecified atom stereocenters. The Morgan fingerprint density at radius 1 is 1.43 bits per heavy atom. The average molecular weight is 337 g/mol. The number of carbonyl (C=O) groups excluding carboxylic acids is 1. The molecule has 0 saturated carbocycles. The molecule has 1 aliphatic rings. The number of benzene rings is 1. The summed E-state index contributed by atoms with van der Waals surface area (Å²) in [6.07, 6.45) is -0.0593. The Balaban J connectivity index is 2.27. The minimum absolute atomic E-state index is 0.0192. The fourth-order valence-electron chi connectivity index (χ4n) is 2.24. The van der Waals surface area contributed by atoms with Gasteiger partial charge in [0.25, 0.3) is 5.69 Å². The second-order valence-electron chi connectivity index (χ2n) is 4.70. The van der Waals surface area contributed by atoms with E-state index in [2.05, 4.69) is 0 Å². The molecule has 1 saturated heterocycles. The van der Waals surface area contributed by atoms with E-state index in [1.165, 1.54) is 0 Å². The van der Waals surface area contributed by atoms with Crippen LogP contribution >= 0.6 is 10.7 Å². The maximum Gasteiger partial charge on any atom is 0.274 e. The van der Waals surface area contributed by atoms with Gasteiger partial charge in [0.05, 0.1) is 22.4 Å². The topological polar surface area (TPSA) is 97.6 Å². The van der Waals surface area contributed by atoms with E-state index in [9.17, 15) is 27.7 Å². The van der Waals surface area contributed by atoms with E-state index in [0.29, 0.717) is 0 Å². The highest BCUT2D eigenvalue weighted by molar-refractivity contribution is 8.13. The molecule has 1 aromatic carbocycles. The number of hydrogen-bond donors (Lipinski definition) is 0. The number of anilines is 1. The van der Waals surface area contributed by atoms with Crippen molar-refractivity contribution in [3.63, 3.8) is 0 Å². The lowest BCUT2D eigenvalue weighted by Gasteiger charge is -2.16. The van der Waals surface area contributed by atoms with Crippen LogP contribution in [0.15, 0.2) is 18.2 Å². The van der Waals surface area contributed by atoms with Crippen LogP contribution in [0.4, 0.5) is 15.8 Å². The summed E-state index contributed by atoms with van der Waals surface area (Å²) in [5.74, 6) is -2.18. The first-order valence-electron chi connectivity index (χ1n) is 5.83. The molecule has 1 amide bonds. The molecular weight excluding hydrogens is 327 g/mol. The number of nitro groups is 1. The average Bonchev–Trinajstić information content (AvgIpc) is 2.66. The number of non-ortho nitro benzene ring substituents is 1. The molecule has 21 heavy (non-hydrogen) atoms. The van der Waals surface area contributed by atoms with Crippen LogP contribution in [-0.4, -0.2) is 31.5 Å². The maximum absolute atomic E-state index is 13.4. The van der Waals surface area contributed by atoms with Crippen LogP contribution in [0.1, 0.15) is 6.42 Å². The van der Waals surface area contributed by atoms with Gasteiger partial charge < -0.3 is 4.90 Å². The Morgan fingerprint density at radius 2 is 2.10 bits per heavy atom. The lowest BCUT2D eigenvalue weighted by Crippen LogP contribution is -2.25. The fourth-order valence-corrected chi connectivity index (χ4v) is 3.57. The van der Waals surface area contributed by atoms with Crippen molar-refractivity contribution >= 4 is 37.0 Å². The van der Waals surface area contributed by atoms with Crippen LogP contribution in [0.25, 0.3) is 0 Å². The van der Waals surface area contributed by atoms with Crippen molar-refractivity contribution in [3.05, 3.63) is 34.1 Å². The Morgan fingerprint density at radius 3 is 2.67 bits per heavy atom.